The molecule has 2 fully saturated rings. The SMILES string of the molecule is Cc1c(CN2CCNCC2)sc2c(N3CCOCC3)nc(-c3cnc4[nH]ccc4c3)nc12. The van der Waals surface area contributed by atoms with Crippen molar-refractivity contribution >= 4 is 38.4 Å². The molecule has 0 spiro atoms. The van der Waals surface area contributed by atoms with E-state index in [1.54, 1.807) is 0 Å². The number of ether oxygens (including phenoxy) is 1. The number of anilines is 1. The van der Waals surface area contributed by atoms with Crippen LogP contribution >= 0.6 is 11.3 Å². The first-order valence-electron chi connectivity index (χ1n) is 11.3. The molecule has 166 valence electrons. The second-order valence-electron chi connectivity index (χ2n) is 8.46. The highest BCUT2D eigenvalue weighted by Gasteiger charge is 2.23. The van der Waals surface area contributed by atoms with Gasteiger partial charge in [0.2, 0.25) is 0 Å². The van der Waals surface area contributed by atoms with Gasteiger partial charge in [0.15, 0.2) is 11.6 Å². The monoisotopic (exact) mass is 449 g/mol. The van der Waals surface area contributed by atoms with Crippen LogP contribution in [0.3, 0.4) is 0 Å². The Morgan fingerprint density at radius 2 is 1.97 bits per heavy atom. The number of morpholine rings is 1. The molecule has 2 N–H and O–H groups in total. The summed E-state index contributed by atoms with van der Waals surface area (Å²) < 4.78 is 6.80. The number of fused-ring (bicyclic) bond motifs is 2. The lowest BCUT2D eigenvalue weighted by Crippen LogP contribution is -2.42. The van der Waals surface area contributed by atoms with Crippen molar-refractivity contribution in [3.63, 3.8) is 0 Å². The van der Waals surface area contributed by atoms with Crippen LogP contribution in [0.4, 0.5) is 5.82 Å². The third-order valence-corrected chi connectivity index (χ3v) is 7.65. The number of H-pyrrole nitrogens is 1. The van der Waals surface area contributed by atoms with Gasteiger partial charge in [-0.15, -0.1) is 11.3 Å². The van der Waals surface area contributed by atoms with Crippen molar-refractivity contribution in [3.8, 4) is 11.4 Å². The van der Waals surface area contributed by atoms with Crippen LogP contribution in [0.15, 0.2) is 24.5 Å². The number of rotatable bonds is 4. The first-order valence-corrected chi connectivity index (χ1v) is 12.1. The summed E-state index contributed by atoms with van der Waals surface area (Å²) in [6.45, 7) is 10.6. The maximum Gasteiger partial charge on any atom is 0.163 e. The van der Waals surface area contributed by atoms with E-state index in [-0.39, 0.29) is 0 Å². The Balaban J connectivity index is 1.47. The quantitative estimate of drug-likeness (QED) is 0.496. The molecular weight excluding hydrogens is 422 g/mol. The zero-order chi connectivity index (χ0) is 21.5. The molecule has 9 heteroatoms. The van der Waals surface area contributed by atoms with Crippen LogP contribution in [0.2, 0.25) is 0 Å². The number of piperazine rings is 1. The Kier molecular flexibility index (Phi) is 5.26. The fourth-order valence-electron chi connectivity index (χ4n) is 4.52. The van der Waals surface area contributed by atoms with Crippen LogP contribution in [0.1, 0.15) is 10.4 Å². The number of aromatic nitrogens is 4. The molecule has 6 heterocycles. The molecule has 2 saturated heterocycles. The number of hydrogen-bond acceptors (Lipinski definition) is 8. The van der Waals surface area contributed by atoms with Crippen molar-refractivity contribution in [3.05, 3.63) is 35.0 Å². The molecule has 0 atom stereocenters. The third kappa shape index (κ3) is 3.65. The van der Waals surface area contributed by atoms with E-state index in [0.717, 1.165) is 92.8 Å². The molecule has 0 aliphatic carbocycles. The van der Waals surface area contributed by atoms with Crippen molar-refractivity contribution in [2.75, 3.05) is 57.4 Å². The van der Waals surface area contributed by atoms with Gasteiger partial charge in [-0.25, -0.2) is 15.0 Å². The lowest BCUT2D eigenvalue weighted by atomic mass is 10.2. The molecule has 6 rings (SSSR count). The minimum Gasteiger partial charge on any atom is -0.378 e. The Morgan fingerprint density at radius 1 is 1.12 bits per heavy atom. The summed E-state index contributed by atoms with van der Waals surface area (Å²) in [6, 6.07) is 4.15. The van der Waals surface area contributed by atoms with E-state index in [2.05, 4.69) is 38.1 Å². The summed E-state index contributed by atoms with van der Waals surface area (Å²) in [5.74, 6) is 1.77. The predicted octanol–water partition coefficient (Wildman–Crippen LogP) is 2.78. The summed E-state index contributed by atoms with van der Waals surface area (Å²) in [5.41, 5.74) is 4.18. The van der Waals surface area contributed by atoms with E-state index >= 15 is 0 Å². The average Bonchev–Trinajstić information content (AvgIpc) is 3.44. The largest absolute Gasteiger partial charge is 0.378 e. The minimum absolute atomic E-state index is 0.732. The van der Waals surface area contributed by atoms with Crippen molar-refractivity contribution in [2.45, 2.75) is 13.5 Å². The highest BCUT2D eigenvalue weighted by atomic mass is 32.1. The normalized spacial score (nSPS) is 18.1. The van der Waals surface area contributed by atoms with Crippen LogP contribution in [-0.2, 0) is 11.3 Å². The Labute approximate surface area is 190 Å². The van der Waals surface area contributed by atoms with E-state index in [1.165, 1.54) is 15.1 Å². The topological polar surface area (TPSA) is 82.2 Å². The molecule has 0 saturated carbocycles. The second kappa shape index (κ2) is 8.40. The van der Waals surface area contributed by atoms with Gasteiger partial charge >= 0.3 is 0 Å². The molecule has 0 bridgehead atoms. The molecule has 0 unspecified atom stereocenters. The summed E-state index contributed by atoms with van der Waals surface area (Å²) >= 11 is 1.86. The van der Waals surface area contributed by atoms with Gasteiger partial charge in [0.1, 0.15) is 5.65 Å². The number of nitrogens with zero attached hydrogens (tertiary/aromatic N) is 5. The Morgan fingerprint density at radius 3 is 2.81 bits per heavy atom. The zero-order valence-electron chi connectivity index (χ0n) is 18.2. The van der Waals surface area contributed by atoms with Crippen molar-refractivity contribution in [1.82, 2.24) is 30.2 Å². The maximum absolute atomic E-state index is 5.61. The van der Waals surface area contributed by atoms with Crippen LogP contribution in [0.5, 0.6) is 0 Å². The highest BCUT2D eigenvalue weighted by molar-refractivity contribution is 7.19. The van der Waals surface area contributed by atoms with Gasteiger partial charge in [-0.1, -0.05) is 0 Å². The van der Waals surface area contributed by atoms with Gasteiger partial charge in [-0.2, -0.15) is 0 Å². The Hall–Kier alpha value is -2.59. The van der Waals surface area contributed by atoms with Crippen LogP contribution in [0, 0.1) is 6.92 Å². The molecule has 4 aromatic heterocycles. The van der Waals surface area contributed by atoms with Crippen molar-refractivity contribution in [2.24, 2.45) is 0 Å². The smallest absolute Gasteiger partial charge is 0.163 e. The van der Waals surface area contributed by atoms with Gasteiger partial charge in [-0.3, -0.25) is 4.90 Å². The van der Waals surface area contributed by atoms with Crippen molar-refractivity contribution < 1.29 is 4.74 Å². The second-order valence-corrected chi connectivity index (χ2v) is 9.57. The standard InChI is InChI=1S/C23H27N7OS/c1-15-18(14-29-6-4-24-5-7-29)32-20-19(15)27-22(28-23(20)30-8-10-31-11-9-30)17-12-16-2-3-25-21(16)26-13-17/h2-3,12-13,24H,4-11,14H2,1H3,(H,25,26). The minimum atomic E-state index is 0.732. The van der Waals surface area contributed by atoms with Crippen LogP contribution in [-0.4, -0.2) is 77.3 Å². The van der Waals surface area contributed by atoms with Gasteiger partial charge in [-0.05, 0) is 24.6 Å². The van der Waals surface area contributed by atoms with Gasteiger partial charge in [0, 0.05) is 74.0 Å². The number of hydrogen-bond donors (Lipinski definition) is 2. The summed E-state index contributed by atoms with van der Waals surface area (Å²) in [4.78, 5) is 24.1. The fourth-order valence-corrected chi connectivity index (χ4v) is 5.83. The first-order chi connectivity index (χ1) is 15.8. The fraction of sp³-hybridized carbons (Fsp3) is 0.435. The molecule has 2 aliphatic rings. The van der Waals surface area contributed by atoms with Crippen LogP contribution < -0.4 is 10.2 Å². The lowest BCUT2D eigenvalue weighted by molar-refractivity contribution is 0.122. The van der Waals surface area contributed by atoms with E-state index in [1.807, 2.05) is 29.8 Å². The van der Waals surface area contributed by atoms with E-state index in [4.69, 9.17) is 14.7 Å². The summed E-state index contributed by atoms with van der Waals surface area (Å²) in [5, 5.41) is 4.51. The molecule has 0 amide bonds. The van der Waals surface area contributed by atoms with Gasteiger partial charge < -0.3 is 19.9 Å². The van der Waals surface area contributed by atoms with E-state index in [9.17, 15) is 0 Å². The third-order valence-electron chi connectivity index (χ3n) is 6.39. The highest BCUT2D eigenvalue weighted by Crippen LogP contribution is 2.38. The van der Waals surface area contributed by atoms with Gasteiger partial charge in [0.25, 0.3) is 0 Å². The van der Waals surface area contributed by atoms with E-state index in [0.29, 0.717) is 0 Å². The maximum atomic E-state index is 5.61. The zero-order valence-corrected chi connectivity index (χ0v) is 19.0. The number of pyridine rings is 1. The van der Waals surface area contributed by atoms with Crippen molar-refractivity contribution in [1.29, 1.82) is 0 Å². The molecule has 32 heavy (non-hydrogen) atoms. The lowest BCUT2D eigenvalue weighted by Gasteiger charge is -2.28. The first kappa shape index (κ1) is 20.0. The molecule has 0 radical (unpaired) electrons. The van der Waals surface area contributed by atoms with Crippen LogP contribution in [0.25, 0.3) is 32.6 Å². The molecule has 0 aromatic carbocycles. The molecule has 4 aromatic rings. The number of aryl methyl sites for hydroxylation is 1. The molecular formula is C23H27N7OS. The van der Waals surface area contributed by atoms with E-state index < -0.39 is 0 Å². The summed E-state index contributed by atoms with van der Waals surface area (Å²) in [7, 11) is 0. The summed E-state index contributed by atoms with van der Waals surface area (Å²) in [6.07, 6.45) is 3.78. The molecule has 8 nitrogen and oxygen atoms in total. The predicted molar refractivity (Wildman–Crippen MR) is 128 cm³/mol. The Bertz CT molecular complexity index is 1250. The van der Waals surface area contributed by atoms with Gasteiger partial charge in [0.05, 0.1) is 23.4 Å². The number of aromatic amines is 1. The average molecular weight is 450 g/mol. The number of nitrogens with one attached hydrogen (secondary N) is 2. The number of thiophene rings is 1. The molecule has 2 aliphatic heterocycles.